The molecule has 0 fully saturated rings. The molecule has 0 aromatic carbocycles. The minimum atomic E-state index is -0.263. The Hall–Kier alpha value is -2.17. The molecular weight excluding hydrogens is 206 g/mol. The molecule has 2 rings (SSSR count). The number of fused-ring (bicyclic) bond motifs is 1. The molecule has 82 valence electrons. The molecule has 0 radical (unpaired) electrons. The van der Waals surface area contributed by atoms with Gasteiger partial charge in [-0.1, -0.05) is 6.08 Å². The quantitative estimate of drug-likeness (QED) is 0.792. The summed E-state index contributed by atoms with van der Waals surface area (Å²) in [5.74, 6) is -0.263. The van der Waals surface area contributed by atoms with E-state index in [4.69, 9.17) is 0 Å². The molecule has 0 saturated heterocycles. The third-order valence-corrected chi connectivity index (χ3v) is 2.15. The molecule has 0 bridgehead atoms. The van der Waals surface area contributed by atoms with Crippen molar-refractivity contribution in [3.05, 3.63) is 30.2 Å². The van der Waals surface area contributed by atoms with E-state index in [-0.39, 0.29) is 12.4 Å². The first-order valence-corrected chi connectivity index (χ1v) is 4.82. The first kappa shape index (κ1) is 10.4. The summed E-state index contributed by atoms with van der Waals surface area (Å²) < 4.78 is 4.52. The van der Waals surface area contributed by atoms with Gasteiger partial charge in [0.25, 0.3) is 0 Å². The fourth-order valence-electron chi connectivity index (χ4n) is 1.31. The summed E-state index contributed by atoms with van der Waals surface area (Å²) in [6.45, 7) is 0. The lowest BCUT2D eigenvalue weighted by Gasteiger charge is -1.94. The van der Waals surface area contributed by atoms with Crippen LogP contribution in [0.5, 0.6) is 0 Å². The number of pyridine rings is 1. The molecule has 0 atom stereocenters. The Bertz CT molecular complexity index is 531. The molecule has 0 aliphatic carbocycles. The minimum Gasteiger partial charge on any atom is -0.469 e. The lowest BCUT2D eigenvalue weighted by atomic mass is 10.2. The summed E-state index contributed by atoms with van der Waals surface area (Å²) in [7, 11) is 1.37. The van der Waals surface area contributed by atoms with E-state index < -0.39 is 0 Å². The Labute approximate surface area is 92.1 Å². The van der Waals surface area contributed by atoms with E-state index in [1.54, 1.807) is 24.5 Å². The van der Waals surface area contributed by atoms with E-state index in [9.17, 15) is 4.79 Å². The predicted octanol–water partition coefficient (Wildman–Crippen LogP) is 1.53. The second kappa shape index (κ2) is 4.57. The largest absolute Gasteiger partial charge is 0.469 e. The lowest BCUT2D eigenvalue weighted by molar-refractivity contribution is -0.139. The van der Waals surface area contributed by atoms with Crippen LogP contribution in [-0.4, -0.2) is 28.3 Å². The number of esters is 1. The number of rotatable bonds is 3. The zero-order valence-electron chi connectivity index (χ0n) is 8.80. The van der Waals surface area contributed by atoms with Gasteiger partial charge in [0, 0.05) is 5.39 Å². The maximum atomic E-state index is 10.9. The van der Waals surface area contributed by atoms with Crippen molar-refractivity contribution < 1.29 is 9.53 Å². The van der Waals surface area contributed by atoms with Gasteiger partial charge < -0.3 is 4.74 Å². The second-order valence-corrected chi connectivity index (χ2v) is 3.25. The number of nitrogens with zero attached hydrogens (tertiary/aromatic N) is 2. The first-order valence-electron chi connectivity index (χ1n) is 4.82. The van der Waals surface area contributed by atoms with Crippen LogP contribution >= 0.6 is 0 Å². The highest BCUT2D eigenvalue weighted by Gasteiger charge is 1.97. The summed E-state index contributed by atoms with van der Waals surface area (Å²) in [5, 5.41) is 7.71. The van der Waals surface area contributed by atoms with E-state index in [0.717, 1.165) is 16.6 Å². The van der Waals surface area contributed by atoms with Gasteiger partial charge in [-0.2, -0.15) is 5.10 Å². The molecule has 1 N–H and O–H groups in total. The number of nitrogens with one attached hydrogen (secondary N) is 1. The summed E-state index contributed by atoms with van der Waals surface area (Å²) in [4.78, 5) is 15.1. The van der Waals surface area contributed by atoms with Crippen molar-refractivity contribution >= 4 is 22.9 Å². The Balaban J connectivity index is 2.11. The van der Waals surface area contributed by atoms with Crippen LogP contribution in [0.1, 0.15) is 12.1 Å². The van der Waals surface area contributed by atoms with Crippen LogP contribution in [0.3, 0.4) is 0 Å². The minimum absolute atomic E-state index is 0.252. The molecule has 2 aromatic heterocycles. The predicted molar refractivity (Wildman–Crippen MR) is 59.6 cm³/mol. The lowest BCUT2D eigenvalue weighted by Crippen LogP contribution is -1.96. The van der Waals surface area contributed by atoms with Gasteiger partial charge in [-0.25, -0.2) is 0 Å². The molecule has 0 unspecified atom stereocenters. The van der Waals surface area contributed by atoms with E-state index in [2.05, 4.69) is 19.9 Å². The van der Waals surface area contributed by atoms with Gasteiger partial charge in [0.1, 0.15) is 0 Å². The van der Waals surface area contributed by atoms with Gasteiger partial charge in [0.15, 0.2) is 0 Å². The van der Waals surface area contributed by atoms with E-state index in [1.165, 1.54) is 7.11 Å². The Kier molecular flexibility index (Phi) is 2.95. The van der Waals surface area contributed by atoms with Crippen molar-refractivity contribution in [2.75, 3.05) is 7.11 Å². The van der Waals surface area contributed by atoms with Gasteiger partial charge in [0.05, 0.1) is 37.1 Å². The SMILES string of the molecule is COC(=O)CC=Cc1cc2cn[nH]c2cn1. The molecule has 0 spiro atoms. The van der Waals surface area contributed by atoms with E-state index >= 15 is 0 Å². The van der Waals surface area contributed by atoms with E-state index in [0.29, 0.717) is 0 Å². The number of methoxy groups -OCH3 is 1. The fourth-order valence-corrected chi connectivity index (χ4v) is 1.31. The number of H-pyrrole nitrogens is 1. The first-order chi connectivity index (χ1) is 7.79. The van der Waals surface area contributed by atoms with Gasteiger partial charge in [0.2, 0.25) is 0 Å². The summed E-state index contributed by atoms with van der Waals surface area (Å²) in [6.07, 6.45) is 7.19. The summed E-state index contributed by atoms with van der Waals surface area (Å²) in [5.41, 5.74) is 1.68. The monoisotopic (exact) mass is 217 g/mol. The molecule has 2 aromatic rings. The van der Waals surface area contributed by atoms with Gasteiger partial charge in [-0.15, -0.1) is 0 Å². The molecule has 0 amide bonds. The third kappa shape index (κ3) is 2.25. The molecule has 0 saturated carbocycles. The highest BCUT2D eigenvalue weighted by atomic mass is 16.5. The van der Waals surface area contributed by atoms with Crippen molar-refractivity contribution in [2.45, 2.75) is 6.42 Å². The van der Waals surface area contributed by atoms with Crippen LogP contribution in [0.4, 0.5) is 0 Å². The molecule has 0 aliphatic rings. The van der Waals surface area contributed by atoms with Crippen molar-refractivity contribution in [2.24, 2.45) is 0 Å². The second-order valence-electron chi connectivity index (χ2n) is 3.25. The van der Waals surface area contributed by atoms with E-state index in [1.807, 2.05) is 6.07 Å². The van der Waals surface area contributed by atoms with Crippen molar-refractivity contribution in [3.63, 3.8) is 0 Å². The zero-order valence-corrected chi connectivity index (χ0v) is 8.80. The van der Waals surface area contributed by atoms with Gasteiger partial charge in [-0.3, -0.25) is 14.9 Å². The van der Waals surface area contributed by atoms with Crippen LogP contribution in [0.25, 0.3) is 17.0 Å². The number of aromatic nitrogens is 3. The molecular formula is C11H11N3O2. The topological polar surface area (TPSA) is 67.9 Å². The highest BCUT2D eigenvalue weighted by Crippen LogP contribution is 2.11. The standard InChI is InChI=1S/C11H11N3O2/c1-16-11(15)4-2-3-9-5-8-6-13-14-10(8)7-12-9/h2-3,5-7H,4H2,1H3,(H,13,14). The highest BCUT2D eigenvalue weighted by molar-refractivity contribution is 5.79. The van der Waals surface area contributed by atoms with Crippen LogP contribution in [0.2, 0.25) is 0 Å². The molecule has 16 heavy (non-hydrogen) atoms. The van der Waals surface area contributed by atoms with Crippen LogP contribution in [-0.2, 0) is 9.53 Å². The average Bonchev–Trinajstić information content (AvgIpc) is 2.76. The maximum absolute atomic E-state index is 10.9. The average molecular weight is 217 g/mol. The fraction of sp³-hybridized carbons (Fsp3) is 0.182. The smallest absolute Gasteiger partial charge is 0.309 e. The molecule has 0 aliphatic heterocycles. The Morgan fingerprint density at radius 2 is 2.44 bits per heavy atom. The maximum Gasteiger partial charge on any atom is 0.309 e. The molecule has 5 heteroatoms. The van der Waals surface area contributed by atoms with Gasteiger partial charge >= 0.3 is 5.97 Å². The van der Waals surface area contributed by atoms with Crippen molar-refractivity contribution in [1.82, 2.24) is 15.2 Å². The third-order valence-electron chi connectivity index (χ3n) is 2.15. The number of hydrogen-bond acceptors (Lipinski definition) is 4. The Morgan fingerprint density at radius 3 is 3.25 bits per heavy atom. The van der Waals surface area contributed by atoms with Crippen LogP contribution in [0, 0.1) is 0 Å². The number of carbonyl (C=O) groups is 1. The molecule has 2 heterocycles. The number of carbonyl (C=O) groups excluding carboxylic acids is 1. The zero-order chi connectivity index (χ0) is 11.4. The Morgan fingerprint density at radius 1 is 1.56 bits per heavy atom. The number of hydrogen-bond donors (Lipinski definition) is 1. The number of ether oxygens (including phenoxy) is 1. The summed E-state index contributed by atoms with van der Waals surface area (Å²) in [6, 6.07) is 1.90. The molecule has 5 nitrogen and oxygen atoms in total. The van der Waals surface area contributed by atoms with Crippen LogP contribution < -0.4 is 0 Å². The summed E-state index contributed by atoms with van der Waals surface area (Å²) >= 11 is 0. The number of aromatic amines is 1. The van der Waals surface area contributed by atoms with Crippen molar-refractivity contribution in [1.29, 1.82) is 0 Å². The van der Waals surface area contributed by atoms with Crippen molar-refractivity contribution in [3.8, 4) is 0 Å². The normalized spacial score (nSPS) is 11.1. The van der Waals surface area contributed by atoms with Gasteiger partial charge in [-0.05, 0) is 12.1 Å². The van der Waals surface area contributed by atoms with Crippen LogP contribution in [0.15, 0.2) is 24.5 Å².